The molecule has 0 N–H and O–H groups in total. The lowest BCUT2D eigenvalue weighted by Gasteiger charge is -2.15. The third kappa shape index (κ3) is 1.43. The van der Waals surface area contributed by atoms with Gasteiger partial charge in [0.2, 0.25) is 0 Å². The third-order valence-corrected chi connectivity index (χ3v) is 2.08. The molecule has 1 aromatic rings. The number of hydrogen-bond acceptors (Lipinski definition) is 2. The zero-order valence-corrected chi connectivity index (χ0v) is 7.33. The smallest absolute Gasteiger partial charge is 0.129 e. The highest BCUT2D eigenvalue weighted by molar-refractivity contribution is 6.30. The summed E-state index contributed by atoms with van der Waals surface area (Å²) in [7, 11) is 0. The predicted molar refractivity (Wildman–Crippen MR) is 50.6 cm³/mol. The zero-order valence-electron chi connectivity index (χ0n) is 6.57. The molecule has 1 aromatic heterocycles. The van der Waals surface area contributed by atoms with Crippen LogP contribution < -0.4 is 4.90 Å². The van der Waals surface area contributed by atoms with Gasteiger partial charge in [0, 0.05) is 19.3 Å². The molecule has 0 spiro atoms. The molecule has 0 atom stereocenters. The standard InChI is InChI=1S/C9H9ClN2/c10-8-3-4-9(11-7-8)12-5-1-2-6-12/h1-4,7H,5-6H2. The van der Waals surface area contributed by atoms with E-state index in [2.05, 4.69) is 22.0 Å². The molecule has 0 aliphatic carbocycles. The van der Waals surface area contributed by atoms with Crippen molar-refractivity contribution in [1.29, 1.82) is 0 Å². The Hall–Kier alpha value is -1.02. The van der Waals surface area contributed by atoms with Crippen molar-refractivity contribution < 1.29 is 0 Å². The molecule has 1 aliphatic rings. The predicted octanol–water partition coefficient (Wildman–Crippen LogP) is 2.11. The lowest BCUT2D eigenvalue weighted by molar-refractivity contribution is 0.969. The van der Waals surface area contributed by atoms with E-state index in [9.17, 15) is 0 Å². The van der Waals surface area contributed by atoms with E-state index in [-0.39, 0.29) is 0 Å². The molecule has 0 saturated heterocycles. The molecule has 0 radical (unpaired) electrons. The van der Waals surface area contributed by atoms with Crippen molar-refractivity contribution in [2.45, 2.75) is 0 Å². The topological polar surface area (TPSA) is 16.1 Å². The molecule has 0 aromatic carbocycles. The van der Waals surface area contributed by atoms with Crippen LogP contribution in [0.1, 0.15) is 0 Å². The van der Waals surface area contributed by atoms with Crippen LogP contribution in [0.3, 0.4) is 0 Å². The van der Waals surface area contributed by atoms with Gasteiger partial charge < -0.3 is 4.90 Å². The van der Waals surface area contributed by atoms with Crippen molar-refractivity contribution in [3.8, 4) is 0 Å². The molecule has 0 saturated carbocycles. The number of pyridine rings is 1. The molecule has 0 fully saturated rings. The normalized spacial score (nSPS) is 15.6. The molecule has 2 nitrogen and oxygen atoms in total. The Morgan fingerprint density at radius 3 is 2.58 bits per heavy atom. The maximum absolute atomic E-state index is 5.72. The first-order valence-corrected chi connectivity index (χ1v) is 4.25. The summed E-state index contributed by atoms with van der Waals surface area (Å²) in [5, 5.41) is 0.686. The highest BCUT2D eigenvalue weighted by Gasteiger charge is 2.07. The summed E-state index contributed by atoms with van der Waals surface area (Å²) in [6.07, 6.45) is 5.95. The number of hydrogen-bond donors (Lipinski definition) is 0. The molecule has 3 heteroatoms. The second kappa shape index (κ2) is 3.15. The van der Waals surface area contributed by atoms with Gasteiger partial charge in [-0.3, -0.25) is 0 Å². The molecule has 62 valence electrons. The fourth-order valence-corrected chi connectivity index (χ4v) is 1.33. The minimum atomic E-state index is 0.686. The number of halogens is 1. The Balaban J connectivity index is 2.18. The van der Waals surface area contributed by atoms with E-state index in [1.807, 2.05) is 12.1 Å². The van der Waals surface area contributed by atoms with E-state index >= 15 is 0 Å². The second-order valence-corrected chi connectivity index (χ2v) is 3.15. The summed E-state index contributed by atoms with van der Waals surface area (Å²) in [5.41, 5.74) is 0. The van der Waals surface area contributed by atoms with E-state index < -0.39 is 0 Å². The molecule has 0 amide bonds. The summed E-state index contributed by atoms with van der Waals surface area (Å²) in [6.45, 7) is 1.91. The van der Waals surface area contributed by atoms with Gasteiger partial charge in [-0.05, 0) is 12.1 Å². The van der Waals surface area contributed by atoms with E-state index in [1.54, 1.807) is 6.20 Å². The van der Waals surface area contributed by atoms with Crippen molar-refractivity contribution in [2.24, 2.45) is 0 Å². The number of anilines is 1. The Kier molecular flexibility index (Phi) is 2.00. The van der Waals surface area contributed by atoms with E-state index in [4.69, 9.17) is 11.6 Å². The van der Waals surface area contributed by atoms with Crippen LogP contribution in [-0.4, -0.2) is 18.1 Å². The van der Waals surface area contributed by atoms with Crippen LogP contribution in [0.2, 0.25) is 5.02 Å². The van der Waals surface area contributed by atoms with Crippen molar-refractivity contribution in [3.63, 3.8) is 0 Å². The van der Waals surface area contributed by atoms with Crippen LogP contribution in [0, 0.1) is 0 Å². The maximum atomic E-state index is 5.72. The van der Waals surface area contributed by atoms with Crippen molar-refractivity contribution in [3.05, 3.63) is 35.5 Å². The fraction of sp³-hybridized carbons (Fsp3) is 0.222. The maximum Gasteiger partial charge on any atom is 0.129 e. The summed E-state index contributed by atoms with van der Waals surface area (Å²) < 4.78 is 0. The van der Waals surface area contributed by atoms with E-state index in [0.717, 1.165) is 18.9 Å². The average molecular weight is 181 g/mol. The van der Waals surface area contributed by atoms with Gasteiger partial charge in [-0.25, -0.2) is 4.98 Å². The van der Waals surface area contributed by atoms with Crippen LogP contribution in [0.25, 0.3) is 0 Å². The van der Waals surface area contributed by atoms with E-state index in [0.29, 0.717) is 5.02 Å². The molecule has 2 rings (SSSR count). The quantitative estimate of drug-likeness (QED) is 0.616. The highest BCUT2D eigenvalue weighted by Crippen LogP contribution is 2.15. The van der Waals surface area contributed by atoms with Crippen LogP contribution >= 0.6 is 11.6 Å². The Morgan fingerprint density at radius 2 is 2.00 bits per heavy atom. The van der Waals surface area contributed by atoms with E-state index in [1.165, 1.54) is 0 Å². The third-order valence-electron chi connectivity index (χ3n) is 1.85. The minimum Gasteiger partial charge on any atom is -0.349 e. The first-order chi connectivity index (χ1) is 5.86. The van der Waals surface area contributed by atoms with Crippen LogP contribution in [0.5, 0.6) is 0 Å². The van der Waals surface area contributed by atoms with Crippen molar-refractivity contribution >= 4 is 17.4 Å². The summed E-state index contributed by atoms with van der Waals surface area (Å²) in [5.74, 6) is 0.990. The summed E-state index contributed by atoms with van der Waals surface area (Å²) in [4.78, 5) is 6.39. The number of nitrogens with zero attached hydrogens (tertiary/aromatic N) is 2. The molecular weight excluding hydrogens is 172 g/mol. The molecule has 2 heterocycles. The van der Waals surface area contributed by atoms with Gasteiger partial charge in [-0.2, -0.15) is 0 Å². The highest BCUT2D eigenvalue weighted by atomic mass is 35.5. The van der Waals surface area contributed by atoms with Crippen molar-refractivity contribution in [2.75, 3.05) is 18.0 Å². The fourth-order valence-electron chi connectivity index (χ4n) is 1.22. The van der Waals surface area contributed by atoms with Gasteiger partial charge >= 0.3 is 0 Å². The number of rotatable bonds is 1. The average Bonchev–Trinajstić information content (AvgIpc) is 2.58. The molecule has 12 heavy (non-hydrogen) atoms. The van der Waals surface area contributed by atoms with Gasteiger partial charge in [-0.15, -0.1) is 0 Å². The van der Waals surface area contributed by atoms with Crippen LogP contribution in [-0.2, 0) is 0 Å². The SMILES string of the molecule is Clc1ccc(N2CC=CC2)nc1. The Morgan fingerprint density at radius 1 is 1.25 bits per heavy atom. The molecule has 1 aliphatic heterocycles. The molecule has 0 bridgehead atoms. The second-order valence-electron chi connectivity index (χ2n) is 2.71. The van der Waals surface area contributed by atoms with Crippen molar-refractivity contribution in [1.82, 2.24) is 4.98 Å². The first-order valence-electron chi connectivity index (χ1n) is 3.88. The molecular formula is C9H9ClN2. The number of aromatic nitrogens is 1. The summed E-state index contributed by atoms with van der Waals surface area (Å²) in [6, 6.07) is 3.80. The van der Waals surface area contributed by atoms with Gasteiger partial charge in [0.25, 0.3) is 0 Å². The van der Waals surface area contributed by atoms with Crippen LogP contribution in [0.4, 0.5) is 5.82 Å². The lowest BCUT2D eigenvalue weighted by atomic mass is 10.4. The zero-order chi connectivity index (χ0) is 8.39. The van der Waals surface area contributed by atoms with Crippen LogP contribution in [0.15, 0.2) is 30.5 Å². The Bertz CT molecular complexity index is 284. The minimum absolute atomic E-state index is 0.686. The lowest BCUT2D eigenvalue weighted by Crippen LogP contribution is -2.19. The van der Waals surface area contributed by atoms with Gasteiger partial charge in [0.1, 0.15) is 5.82 Å². The Labute approximate surface area is 76.5 Å². The van der Waals surface area contributed by atoms with Gasteiger partial charge in [0.05, 0.1) is 5.02 Å². The monoisotopic (exact) mass is 180 g/mol. The largest absolute Gasteiger partial charge is 0.349 e. The van der Waals surface area contributed by atoms with Gasteiger partial charge in [-0.1, -0.05) is 23.8 Å². The first kappa shape index (κ1) is 7.62. The van der Waals surface area contributed by atoms with Gasteiger partial charge in [0.15, 0.2) is 0 Å². The molecule has 0 unspecified atom stereocenters. The summed E-state index contributed by atoms with van der Waals surface area (Å²) >= 11 is 5.72.